The molecule has 3 amide bonds. The van der Waals surface area contributed by atoms with Crippen LogP contribution < -0.4 is 16.0 Å². The van der Waals surface area contributed by atoms with Crippen molar-refractivity contribution in [3.05, 3.63) is 34.9 Å². The van der Waals surface area contributed by atoms with E-state index in [0.29, 0.717) is 24.4 Å². The van der Waals surface area contributed by atoms with Gasteiger partial charge in [-0.3, -0.25) is 19.7 Å². The number of benzene rings is 1. The first-order valence-electron chi connectivity index (χ1n) is 9.78. The molecule has 1 aliphatic carbocycles. The first-order valence-corrected chi connectivity index (χ1v) is 9.78. The molecular weight excluding hydrogens is 344 g/mol. The first kappa shape index (κ1) is 16.9. The van der Waals surface area contributed by atoms with Crippen molar-refractivity contribution in [2.45, 2.75) is 50.4 Å². The molecule has 5 rings (SSSR count). The van der Waals surface area contributed by atoms with Gasteiger partial charge in [0.25, 0.3) is 5.91 Å². The molecule has 0 aromatic heterocycles. The summed E-state index contributed by atoms with van der Waals surface area (Å²) < 4.78 is 0. The van der Waals surface area contributed by atoms with Crippen LogP contribution in [0.3, 0.4) is 0 Å². The van der Waals surface area contributed by atoms with Crippen LogP contribution in [0.4, 0.5) is 0 Å². The molecule has 7 nitrogen and oxygen atoms in total. The van der Waals surface area contributed by atoms with Gasteiger partial charge in [0, 0.05) is 49.6 Å². The predicted molar refractivity (Wildman–Crippen MR) is 97.7 cm³/mol. The van der Waals surface area contributed by atoms with Gasteiger partial charge in [0.2, 0.25) is 11.8 Å². The van der Waals surface area contributed by atoms with Crippen molar-refractivity contribution < 1.29 is 14.4 Å². The van der Waals surface area contributed by atoms with Gasteiger partial charge in [-0.2, -0.15) is 0 Å². The maximum absolute atomic E-state index is 12.9. The minimum absolute atomic E-state index is 0.106. The van der Waals surface area contributed by atoms with Crippen LogP contribution in [-0.4, -0.2) is 47.3 Å². The summed E-state index contributed by atoms with van der Waals surface area (Å²) in [6.07, 6.45) is 3.12. The Bertz CT molecular complexity index is 829. The van der Waals surface area contributed by atoms with E-state index in [1.54, 1.807) is 4.90 Å². The van der Waals surface area contributed by atoms with Crippen molar-refractivity contribution in [2.75, 3.05) is 13.1 Å². The van der Waals surface area contributed by atoms with Crippen LogP contribution in [0.2, 0.25) is 0 Å². The second kappa shape index (κ2) is 6.14. The Morgan fingerprint density at radius 1 is 1.19 bits per heavy atom. The zero-order valence-electron chi connectivity index (χ0n) is 15.2. The molecule has 3 heterocycles. The molecule has 4 aliphatic rings. The SMILES string of the molecule is O=C1CCC(N2Cc3c(CNC4(C5CNC5)CC4)cccc3C2=O)C(=O)N1. The Morgan fingerprint density at radius 2 is 2.00 bits per heavy atom. The summed E-state index contributed by atoms with van der Waals surface area (Å²) in [5, 5.41) is 9.45. The molecule has 7 heteroatoms. The maximum atomic E-state index is 12.9. The number of carbonyl (C=O) groups excluding carboxylic acids is 3. The van der Waals surface area contributed by atoms with Gasteiger partial charge in [0.15, 0.2) is 0 Å². The van der Waals surface area contributed by atoms with E-state index in [9.17, 15) is 14.4 Å². The number of fused-ring (bicyclic) bond motifs is 1. The van der Waals surface area contributed by atoms with Gasteiger partial charge >= 0.3 is 0 Å². The molecule has 1 saturated carbocycles. The normalized spacial score (nSPS) is 26.6. The second-order valence-electron chi connectivity index (χ2n) is 8.21. The van der Waals surface area contributed by atoms with Crippen molar-refractivity contribution in [2.24, 2.45) is 5.92 Å². The van der Waals surface area contributed by atoms with Crippen molar-refractivity contribution >= 4 is 17.7 Å². The maximum Gasteiger partial charge on any atom is 0.255 e. The Labute approximate surface area is 157 Å². The highest BCUT2D eigenvalue weighted by molar-refractivity contribution is 6.05. The number of hydrogen-bond donors (Lipinski definition) is 3. The largest absolute Gasteiger partial charge is 0.322 e. The number of nitrogens with zero attached hydrogens (tertiary/aromatic N) is 1. The van der Waals surface area contributed by atoms with Gasteiger partial charge in [-0.05, 0) is 36.5 Å². The molecule has 3 N–H and O–H groups in total. The molecule has 2 saturated heterocycles. The Balaban J connectivity index is 1.33. The van der Waals surface area contributed by atoms with Crippen LogP contribution in [0.1, 0.15) is 47.2 Å². The Kier molecular flexibility index (Phi) is 3.84. The molecule has 27 heavy (non-hydrogen) atoms. The lowest BCUT2D eigenvalue weighted by atomic mass is 9.91. The average Bonchev–Trinajstić information content (AvgIpc) is 3.29. The highest BCUT2D eigenvalue weighted by Gasteiger charge is 2.51. The van der Waals surface area contributed by atoms with Crippen LogP contribution >= 0.6 is 0 Å². The van der Waals surface area contributed by atoms with Crippen molar-refractivity contribution in [1.29, 1.82) is 0 Å². The number of piperidine rings is 1. The molecule has 142 valence electrons. The average molecular weight is 368 g/mol. The minimum atomic E-state index is -0.556. The molecule has 0 radical (unpaired) electrons. The lowest BCUT2D eigenvalue weighted by Gasteiger charge is -2.36. The van der Waals surface area contributed by atoms with Gasteiger partial charge in [-0.25, -0.2) is 0 Å². The van der Waals surface area contributed by atoms with Crippen LogP contribution in [0.25, 0.3) is 0 Å². The highest BCUT2D eigenvalue weighted by Crippen LogP contribution is 2.44. The van der Waals surface area contributed by atoms with E-state index in [0.717, 1.165) is 30.8 Å². The van der Waals surface area contributed by atoms with Gasteiger partial charge in [-0.15, -0.1) is 0 Å². The molecule has 0 bridgehead atoms. The zero-order valence-corrected chi connectivity index (χ0v) is 15.2. The molecular formula is C20H24N4O3. The second-order valence-corrected chi connectivity index (χ2v) is 8.21. The molecule has 0 spiro atoms. The number of rotatable bonds is 5. The first-order chi connectivity index (χ1) is 13.1. The fourth-order valence-corrected chi connectivity index (χ4v) is 4.63. The number of carbonyl (C=O) groups is 3. The van der Waals surface area contributed by atoms with E-state index in [4.69, 9.17) is 0 Å². The summed E-state index contributed by atoms with van der Waals surface area (Å²) >= 11 is 0. The summed E-state index contributed by atoms with van der Waals surface area (Å²) in [4.78, 5) is 38.1. The fourth-order valence-electron chi connectivity index (χ4n) is 4.63. The molecule has 1 unspecified atom stereocenters. The van der Waals surface area contributed by atoms with Gasteiger partial charge < -0.3 is 15.5 Å². The summed E-state index contributed by atoms with van der Waals surface area (Å²) in [5.74, 6) is -0.0199. The van der Waals surface area contributed by atoms with Gasteiger partial charge in [0.1, 0.15) is 6.04 Å². The molecule has 3 fully saturated rings. The van der Waals surface area contributed by atoms with Crippen molar-refractivity contribution in [1.82, 2.24) is 20.9 Å². The molecule has 1 aromatic carbocycles. The van der Waals surface area contributed by atoms with E-state index in [1.807, 2.05) is 12.1 Å². The number of hydrogen-bond acceptors (Lipinski definition) is 5. The summed E-state index contributed by atoms with van der Waals surface area (Å²) in [6, 6.07) is 5.28. The summed E-state index contributed by atoms with van der Waals surface area (Å²) in [5.41, 5.74) is 3.10. The molecule has 3 aliphatic heterocycles. The lowest BCUT2D eigenvalue weighted by molar-refractivity contribution is -0.136. The van der Waals surface area contributed by atoms with Gasteiger partial charge in [0.05, 0.1) is 0 Å². The third kappa shape index (κ3) is 2.76. The number of nitrogens with one attached hydrogen (secondary N) is 3. The Hall–Kier alpha value is -2.25. The standard InChI is InChI=1S/C20H24N4O3/c25-17-5-4-16(18(26)23-17)24-11-15-12(2-1-3-14(15)19(24)27)8-22-20(6-7-20)13-9-21-10-13/h1-3,13,16,21-22H,4-11H2,(H,23,25,26). The van der Waals surface area contributed by atoms with Crippen molar-refractivity contribution in [3.63, 3.8) is 0 Å². The summed E-state index contributed by atoms with van der Waals surface area (Å²) in [7, 11) is 0. The monoisotopic (exact) mass is 368 g/mol. The van der Waals surface area contributed by atoms with Crippen LogP contribution in [0.5, 0.6) is 0 Å². The topological polar surface area (TPSA) is 90.5 Å². The lowest BCUT2D eigenvalue weighted by Crippen LogP contribution is -2.55. The van der Waals surface area contributed by atoms with Crippen LogP contribution in [0, 0.1) is 5.92 Å². The fraction of sp³-hybridized carbons (Fsp3) is 0.550. The van der Waals surface area contributed by atoms with E-state index < -0.39 is 6.04 Å². The third-order valence-electron chi connectivity index (χ3n) is 6.66. The summed E-state index contributed by atoms with van der Waals surface area (Å²) in [6.45, 7) is 3.36. The smallest absolute Gasteiger partial charge is 0.255 e. The Morgan fingerprint density at radius 3 is 2.67 bits per heavy atom. The predicted octanol–water partition coefficient (Wildman–Crippen LogP) is 0.289. The van der Waals surface area contributed by atoms with Gasteiger partial charge in [-0.1, -0.05) is 12.1 Å². The number of imide groups is 1. The minimum Gasteiger partial charge on any atom is -0.322 e. The van der Waals surface area contributed by atoms with Crippen LogP contribution in [-0.2, 0) is 22.7 Å². The quantitative estimate of drug-likeness (QED) is 0.650. The van der Waals surface area contributed by atoms with E-state index >= 15 is 0 Å². The van der Waals surface area contributed by atoms with Crippen LogP contribution in [0.15, 0.2) is 18.2 Å². The van der Waals surface area contributed by atoms with Crippen molar-refractivity contribution in [3.8, 4) is 0 Å². The van der Waals surface area contributed by atoms with E-state index in [-0.39, 0.29) is 29.7 Å². The zero-order chi connectivity index (χ0) is 18.6. The molecule has 1 atom stereocenters. The van der Waals surface area contributed by atoms with E-state index in [2.05, 4.69) is 22.0 Å². The van der Waals surface area contributed by atoms with E-state index in [1.165, 1.54) is 12.8 Å². The number of amides is 3. The third-order valence-corrected chi connectivity index (χ3v) is 6.66. The molecule has 1 aromatic rings. The highest BCUT2D eigenvalue weighted by atomic mass is 16.2.